The molecule has 2 aromatic rings. The molecule has 0 saturated carbocycles. The molecule has 3 rings (SSSR count). The van der Waals surface area contributed by atoms with Crippen molar-refractivity contribution >= 4 is 46.4 Å². The Labute approximate surface area is 177 Å². The molecule has 0 radical (unpaired) electrons. The summed E-state index contributed by atoms with van der Waals surface area (Å²) in [5.41, 5.74) is 1.46. The number of hydrogen-bond acceptors (Lipinski definition) is 6. The van der Waals surface area contributed by atoms with E-state index in [-0.39, 0.29) is 24.0 Å². The van der Waals surface area contributed by atoms with Gasteiger partial charge in [-0.1, -0.05) is 36.0 Å². The molecule has 2 aromatic carbocycles. The molecule has 1 aliphatic heterocycles. The average Bonchev–Trinajstić information content (AvgIpc) is 3.01. The predicted molar refractivity (Wildman–Crippen MR) is 115 cm³/mol. The number of carbonyl (C=O) groups is 3. The third-order valence-electron chi connectivity index (χ3n) is 4.20. The maximum Gasteiger partial charge on any atom is 0.263 e. The Balaban J connectivity index is 1.67. The summed E-state index contributed by atoms with van der Waals surface area (Å²) in [5.74, 6) is -1.27. The summed E-state index contributed by atoms with van der Waals surface area (Å²) in [7, 11) is 1.52. The number of hydrogen-bond donors (Lipinski definition) is 1. The zero-order valence-electron chi connectivity index (χ0n) is 16.3. The van der Waals surface area contributed by atoms with Gasteiger partial charge in [0.15, 0.2) is 11.0 Å². The summed E-state index contributed by atoms with van der Waals surface area (Å²) < 4.78 is 13.3. The molecule has 1 atom stereocenters. The molecule has 1 aliphatic rings. The summed E-state index contributed by atoms with van der Waals surface area (Å²) in [6.07, 6.45) is 1.28. The number of amidine groups is 1. The number of aliphatic imine (C=N–C) groups is 1. The number of Topliss-reactive ketones (excluding diaryl/α,β-unsaturated/α-hetero) is 1. The lowest BCUT2D eigenvalue weighted by molar-refractivity contribution is -0.128. The molecule has 7 nitrogen and oxygen atoms in total. The molecule has 1 N–H and O–H groups in total. The fourth-order valence-corrected chi connectivity index (χ4v) is 3.78. The Morgan fingerprint density at radius 1 is 1.23 bits per heavy atom. The first kappa shape index (κ1) is 21.4. The summed E-state index contributed by atoms with van der Waals surface area (Å²) in [4.78, 5) is 40.6. The number of hydrazone groups is 1. The van der Waals surface area contributed by atoms with Crippen LogP contribution in [0.25, 0.3) is 0 Å². The Morgan fingerprint density at radius 2 is 2.00 bits per heavy atom. The summed E-state index contributed by atoms with van der Waals surface area (Å²) in [6.45, 7) is 1.44. The molecule has 1 saturated heterocycles. The number of nitrogens with one attached hydrogen (secondary N) is 1. The lowest BCUT2D eigenvalue weighted by Gasteiger charge is -2.10. The van der Waals surface area contributed by atoms with Crippen LogP contribution in [0.4, 0.5) is 10.1 Å². The van der Waals surface area contributed by atoms with Gasteiger partial charge in [-0.05, 0) is 36.8 Å². The molecular weight excluding hydrogens is 407 g/mol. The van der Waals surface area contributed by atoms with Crippen molar-refractivity contribution in [2.75, 3.05) is 12.4 Å². The fourth-order valence-electron chi connectivity index (χ4n) is 2.75. The standard InChI is InChI=1S/C21H19FN4O3S/c1-13(27)15-6-4-8-17(10-15)25-19(28)11-18-20(29)26(21(23-2)30-18)24-12-14-5-3-7-16(22)9-14/h3-10,12,18H,11H2,1-2H3,(H,25,28). The first-order valence-corrected chi connectivity index (χ1v) is 9.93. The largest absolute Gasteiger partial charge is 0.326 e. The van der Waals surface area contributed by atoms with Gasteiger partial charge in [-0.25, -0.2) is 4.39 Å². The average molecular weight is 426 g/mol. The van der Waals surface area contributed by atoms with Crippen molar-refractivity contribution in [2.24, 2.45) is 10.1 Å². The number of nitrogens with zero attached hydrogens (tertiary/aromatic N) is 3. The van der Waals surface area contributed by atoms with Gasteiger partial charge < -0.3 is 5.32 Å². The Hall–Kier alpha value is -3.33. The van der Waals surface area contributed by atoms with E-state index >= 15 is 0 Å². The zero-order chi connectivity index (χ0) is 21.7. The second-order valence-corrected chi connectivity index (χ2v) is 7.62. The number of anilines is 1. The molecule has 9 heteroatoms. The number of carbonyl (C=O) groups excluding carboxylic acids is 3. The molecule has 154 valence electrons. The molecule has 2 amide bonds. The lowest BCUT2D eigenvalue weighted by atomic mass is 10.1. The molecule has 0 bridgehead atoms. The van der Waals surface area contributed by atoms with Crippen LogP contribution < -0.4 is 5.32 Å². The quantitative estimate of drug-likeness (QED) is 0.567. The molecule has 0 aromatic heterocycles. The number of thioether (sulfide) groups is 1. The number of halogens is 1. The van der Waals surface area contributed by atoms with E-state index in [2.05, 4.69) is 15.4 Å². The van der Waals surface area contributed by atoms with Crippen molar-refractivity contribution in [1.29, 1.82) is 0 Å². The van der Waals surface area contributed by atoms with E-state index in [1.807, 2.05) is 0 Å². The molecule has 1 heterocycles. The number of amides is 2. The van der Waals surface area contributed by atoms with Crippen molar-refractivity contribution in [3.63, 3.8) is 0 Å². The fraction of sp³-hybridized carbons (Fsp3) is 0.190. The highest BCUT2D eigenvalue weighted by molar-refractivity contribution is 8.15. The van der Waals surface area contributed by atoms with Gasteiger partial charge in [0.1, 0.15) is 11.1 Å². The highest BCUT2D eigenvalue weighted by Gasteiger charge is 2.39. The summed E-state index contributed by atoms with van der Waals surface area (Å²) in [5, 5.41) is 7.59. The van der Waals surface area contributed by atoms with Crippen LogP contribution in [0.3, 0.4) is 0 Å². The van der Waals surface area contributed by atoms with Gasteiger partial charge in [-0.15, -0.1) is 0 Å². The Morgan fingerprint density at radius 3 is 2.70 bits per heavy atom. The van der Waals surface area contributed by atoms with Crippen LogP contribution in [-0.4, -0.2) is 46.3 Å². The minimum absolute atomic E-state index is 0.0845. The number of ketones is 1. The predicted octanol–water partition coefficient (Wildman–Crippen LogP) is 3.32. The zero-order valence-corrected chi connectivity index (χ0v) is 17.1. The van der Waals surface area contributed by atoms with Gasteiger partial charge >= 0.3 is 0 Å². The first-order valence-electron chi connectivity index (χ1n) is 9.05. The highest BCUT2D eigenvalue weighted by Crippen LogP contribution is 2.30. The molecular formula is C21H19FN4O3S. The molecule has 1 unspecified atom stereocenters. The van der Waals surface area contributed by atoms with E-state index in [9.17, 15) is 18.8 Å². The van der Waals surface area contributed by atoms with Crippen LogP contribution in [0.5, 0.6) is 0 Å². The topological polar surface area (TPSA) is 91.2 Å². The summed E-state index contributed by atoms with van der Waals surface area (Å²) >= 11 is 1.14. The van der Waals surface area contributed by atoms with Crippen LogP contribution in [0, 0.1) is 5.82 Å². The van der Waals surface area contributed by atoms with E-state index in [1.54, 1.807) is 36.4 Å². The third kappa shape index (κ3) is 5.18. The van der Waals surface area contributed by atoms with Crippen LogP contribution in [0.1, 0.15) is 29.3 Å². The Kier molecular flexibility index (Phi) is 6.73. The second-order valence-electron chi connectivity index (χ2n) is 6.45. The summed E-state index contributed by atoms with van der Waals surface area (Å²) in [6, 6.07) is 12.4. The van der Waals surface area contributed by atoms with Crippen molar-refractivity contribution in [1.82, 2.24) is 5.01 Å². The smallest absolute Gasteiger partial charge is 0.263 e. The minimum atomic E-state index is -0.690. The van der Waals surface area contributed by atoms with Gasteiger partial charge in [-0.2, -0.15) is 10.1 Å². The van der Waals surface area contributed by atoms with Crippen LogP contribution in [-0.2, 0) is 9.59 Å². The van der Waals surface area contributed by atoms with E-state index in [1.165, 1.54) is 32.3 Å². The van der Waals surface area contributed by atoms with Gasteiger partial charge in [0.05, 0.1) is 6.21 Å². The monoisotopic (exact) mass is 426 g/mol. The number of rotatable bonds is 6. The second kappa shape index (κ2) is 9.45. The minimum Gasteiger partial charge on any atom is -0.326 e. The van der Waals surface area contributed by atoms with Gasteiger partial charge in [0.25, 0.3) is 5.91 Å². The highest BCUT2D eigenvalue weighted by atomic mass is 32.2. The SMILES string of the molecule is CN=C1SC(CC(=O)Nc2cccc(C(C)=O)c2)C(=O)N1N=Cc1cccc(F)c1. The van der Waals surface area contributed by atoms with Crippen molar-refractivity contribution in [2.45, 2.75) is 18.6 Å². The van der Waals surface area contributed by atoms with E-state index < -0.39 is 11.1 Å². The normalized spacial score (nSPS) is 17.7. The third-order valence-corrected chi connectivity index (χ3v) is 5.42. The number of benzene rings is 2. The maximum atomic E-state index is 13.3. The van der Waals surface area contributed by atoms with Crippen LogP contribution >= 0.6 is 11.8 Å². The van der Waals surface area contributed by atoms with Gasteiger partial charge in [-0.3, -0.25) is 19.4 Å². The van der Waals surface area contributed by atoms with Crippen molar-refractivity contribution in [3.05, 3.63) is 65.5 Å². The first-order chi connectivity index (χ1) is 14.4. The van der Waals surface area contributed by atoms with Gasteiger partial charge in [0.2, 0.25) is 5.91 Å². The molecule has 1 fully saturated rings. The molecule has 0 aliphatic carbocycles. The van der Waals surface area contributed by atoms with Crippen molar-refractivity contribution < 1.29 is 18.8 Å². The molecule has 0 spiro atoms. The lowest BCUT2D eigenvalue weighted by Crippen LogP contribution is -2.29. The van der Waals surface area contributed by atoms with Gasteiger partial charge in [0, 0.05) is 24.7 Å². The van der Waals surface area contributed by atoms with E-state index in [0.29, 0.717) is 22.0 Å². The Bertz CT molecular complexity index is 1050. The van der Waals surface area contributed by atoms with E-state index in [0.717, 1.165) is 16.8 Å². The maximum absolute atomic E-state index is 13.3. The molecule has 30 heavy (non-hydrogen) atoms. The van der Waals surface area contributed by atoms with Crippen molar-refractivity contribution in [3.8, 4) is 0 Å². The van der Waals surface area contributed by atoms with Crippen LogP contribution in [0.15, 0.2) is 58.6 Å². The van der Waals surface area contributed by atoms with Crippen LogP contribution in [0.2, 0.25) is 0 Å². The van der Waals surface area contributed by atoms with E-state index in [4.69, 9.17) is 0 Å².